The van der Waals surface area contributed by atoms with Gasteiger partial charge in [-0.1, -0.05) is 6.92 Å². The molecule has 0 radical (unpaired) electrons. The predicted molar refractivity (Wildman–Crippen MR) is 65.9 cm³/mol. The molecular formula is C12H12BrFN2O. The van der Waals surface area contributed by atoms with Crippen molar-refractivity contribution in [3.63, 3.8) is 0 Å². The maximum Gasteiger partial charge on any atom is 0.252 e. The number of hydrogen-bond acceptors (Lipinski definition) is 2. The highest BCUT2D eigenvalue weighted by Gasteiger charge is 2.24. The monoisotopic (exact) mass is 298 g/mol. The minimum Gasteiger partial charge on any atom is -0.334 e. The topological polar surface area (TPSA) is 52.9 Å². The van der Waals surface area contributed by atoms with Crippen molar-refractivity contribution in [2.45, 2.75) is 25.8 Å². The summed E-state index contributed by atoms with van der Waals surface area (Å²) in [5, 5.41) is 11.6. The molecule has 1 atom stereocenters. The molecule has 0 fully saturated rings. The Morgan fingerprint density at radius 1 is 1.65 bits per heavy atom. The van der Waals surface area contributed by atoms with Gasteiger partial charge in [0.25, 0.3) is 5.91 Å². The number of amides is 1. The Morgan fingerprint density at radius 3 is 2.76 bits per heavy atom. The van der Waals surface area contributed by atoms with Gasteiger partial charge in [-0.25, -0.2) is 4.39 Å². The Morgan fingerprint density at radius 2 is 2.29 bits per heavy atom. The van der Waals surface area contributed by atoms with Crippen LogP contribution in [0, 0.1) is 17.1 Å². The van der Waals surface area contributed by atoms with E-state index in [0.29, 0.717) is 12.0 Å². The fraction of sp³-hybridized carbons (Fsp3) is 0.333. The fourth-order valence-corrected chi connectivity index (χ4v) is 1.53. The van der Waals surface area contributed by atoms with Crippen LogP contribution in [0.5, 0.6) is 0 Å². The van der Waals surface area contributed by atoms with Crippen LogP contribution in [0.15, 0.2) is 22.7 Å². The van der Waals surface area contributed by atoms with E-state index in [4.69, 9.17) is 5.26 Å². The summed E-state index contributed by atoms with van der Waals surface area (Å²) in [5.74, 6) is -0.823. The van der Waals surface area contributed by atoms with Gasteiger partial charge in [0.2, 0.25) is 0 Å². The molecule has 90 valence electrons. The summed E-state index contributed by atoms with van der Waals surface area (Å²) in [6.45, 7) is 3.45. The van der Waals surface area contributed by atoms with E-state index in [0.717, 1.165) is 0 Å². The van der Waals surface area contributed by atoms with Crippen LogP contribution >= 0.6 is 15.9 Å². The van der Waals surface area contributed by atoms with E-state index in [-0.39, 0.29) is 4.47 Å². The van der Waals surface area contributed by atoms with Gasteiger partial charge in [-0.2, -0.15) is 5.26 Å². The molecule has 0 aliphatic rings. The molecule has 1 N–H and O–H groups in total. The fourth-order valence-electron chi connectivity index (χ4n) is 1.16. The second-order valence-corrected chi connectivity index (χ2v) is 4.73. The summed E-state index contributed by atoms with van der Waals surface area (Å²) < 4.78 is 13.2. The van der Waals surface area contributed by atoms with Crippen molar-refractivity contribution < 1.29 is 9.18 Å². The van der Waals surface area contributed by atoms with Crippen molar-refractivity contribution in [3.05, 3.63) is 34.1 Å². The van der Waals surface area contributed by atoms with Gasteiger partial charge in [-0.15, -0.1) is 0 Å². The lowest BCUT2D eigenvalue weighted by Crippen LogP contribution is -2.44. The molecule has 1 amide bonds. The molecule has 1 aromatic carbocycles. The minimum absolute atomic E-state index is 0.223. The molecule has 3 nitrogen and oxygen atoms in total. The highest BCUT2D eigenvalue weighted by molar-refractivity contribution is 9.10. The molecule has 0 aliphatic heterocycles. The van der Waals surface area contributed by atoms with E-state index in [1.54, 1.807) is 6.92 Å². The molecule has 5 heteroatoms. The molecular weight excluding hydrogens is 287 g/mol. The smallest absolute Gasteiger partial charge is 0.252 e. The first-order valence-corrected chi connectivity index (χ1v) is 5.90. The lowest BCUT2D eigenvalue weighted by molar-refractivity contribution is 0.0923. The SMILES string of the molecule is CCC(C)(C#N)NC(=O)c1ccc(F)c(Br)c1. The summed E-state index contributed by atoms with van der Waals surface area (Å²) in [4.78, 5) is 11.8. The van der Waals surface area contributed by atoms with Crippen molar-refractivity contribution in [1.82, 2.24) is 5.32 Å². The van der Waals surface area contributed by atoms with Crippen LogP contribution in [0.3, 0.4) is 0 Å². The molecule has 0 bridgehead atoms. The van der Waals surface area contributed by atoms with Crippen molar-refractivity contribution >= 4 is 21.8 Å². The van der Waals surface area contributed by atoms with E-state index in [1.165, 1.54) is 18.2 Å². The van der Waals surface area contributed by atoms with E-state index in [2.05, 4.69) is 21.2 Å². The van der Waals surface area contributed by atoms with E-state index < -0.39 is 17.3 Å². The molecule has 1 rings (SSSR count). The number of carbonyl (C=O) groups is 1. The summed E-state index contributed by atoms with van der Waals surface area (Å²) in [6, 6.07) is 6.00. The van der Waals surface area contributed by atoms with E-state index >= 15 is 0 Å². The molecule has 0 saturated carbocycles. The molecule has 0 heterocycles. The summed E-state index contributed by atoms with van der Waals surface area (Å²) >= 11 is 3.01. The number of nitriles is 1. The first kappa shape index (κ1) is 13.7. The van der Waals surface area contributed by atoms with Gasteiger partial charge in [0.05, 0.1) is 10.5 Å². The molecule has 0 spiro atoms. The zero-order chi connectivity index (χ0) is 13.1. The number of nitrogens with one attached hydrogen (secondary N) is 1. The minimum atomic E-state index is -0.905. The summed E-state index contributed by atoms with van der Waals surface area (Å²) in [7, 11) is 0. The Labute approximate surface area is 108 Å². The first-order chi connectivity index (χ1) is 7.91. The number of carbonyl (C=O) groups excluding carboxylic acids is 1. The van der Waals surface area contributed by atoms with Crippen molar-refractivity contribution in [2.75, 3.05) is 0 Å². The Kier molecular flexibility index (Phi) is 4.24. The summed E-state index contributed by atoms with van der Waals surface area (Å²) in [5.41, 5.74) is -0.592. The molecule has 1 unspecified atom stereocenters. The second-order valence-electron chi connectivity index (χ2n) is 3.88. The van der Waals surface area contributed by atoms with Gasteiger partial charge >= 0.3 is 0 Å². The standard InChI is InChI=1S/C12H12BrFN2O/c1-3-12(2,7-15)16-11(17)8-4-5-10(14)9(13)6-8/h4-6H,3H2,1-2H3,(H,16,17). The second kappa shape index (κ2) is 5.28. The highest BCUT2D eigenvalue weighted by Crippen LogP contribution is 2.17. The molecule has 0 aromatic heterocycles. The molecule has 17 heavy (non-hydrogen) atoms. The average molecular weight is 299 g/mol. The Bertz CT molecular complexity index is 484. The Balaban J connectivity index is 2.91. The zero-order valence-electron chi connectivity index (χ0n) is 9.55. The number of rotatable bonds is 3. The van der Waals surface area contributed by atoms with Crippen molar-refractivity contribution in [3.8, 4) is 6.07 Å². The number of benzene rings is 1. The van der Waals surface area contributed by atoms with Crippen LogP contribution < -0.4 is 5.32 Å². The number of halogens is 2. The summed E-state index contributed by atoms with van der Waals surface area (Å²) in [6.07, 6.45) is 0.498. The van der Waals surface area contributed by atoms with Crippen LogP contribution in [-0.2, 0) is 0 Å². The van der Waals surface area contributed by atoms with E-state index in [1.807, 2.05) is 13.0 Å². The van der Waals surface area contributed by atoms with Gasteiger partial charge < -0.3 is 5.32 Å². The van der Waals surface area contributed by atoms with Gasteiger partial charge in [0.1, 0.15) is 11.4 Å². The quantitative estimate of drug-likeness (QED) is 0.932. The van der Waals surface area contributed by atoms with E-state index in [9.17, 15) is 9.18 Å². The third kappa shape index (κ3) is 3.27. The van der Waals surface area contributed by atoms with Gasteiger partial charge in [-0.3, -0.25) is 4.79 Å². The number of nitrogens with zero attached hydrogens (tertiary/aromatic N) is 1. The predicted octanol–water partition coefficient (Wildman–Crippen LogP) is 3.01. The lowest BCUT2D eigenvalue weighted by Gasteiger charge is -2.21. The third-order valence-electron chi connectivity index (χ3n) is 2.53. The first-order valence-electron chi connectivity index (χ1n) is 5.10. The maximum absolute atomic E-state index is 13.0. The van der Waals surface area contributed by atoms with Crippen LogP contribution in [0.4, 0.5) is 4.39 Å². The average Bonchev–Trinajstić information content (AvgIpc) is 2.32. The van der Waals surface area contributed by atoms with Crippen LogP contribution in [0.2, 0.25) is 0 Å². The van der Waals surface area contributed by atoms with Gasteiger partial charge in [0.15, 0.2) is 0 Å². The van der Waals surface area contributed by atoms with Crippen LogP contribution in [0.1, 0.15) is 30.6 Å². The van der Waals surface area contributed by atoms with Gasteiger partial charge in [-0.05, 0) is 47.5 Å². The van der Waals surface area contributed by atoms with Crippen LogP contribution in [0.25, 0.3) is 0 Å². The number of hydrogen-bond donors (Lipinski definition) is 1. The zero-order valence-corrected chi connectivity index (χ0v) is 11.1. The highest BCUT2D eigenvalue weighted by atomic mass is 79.9. The molecule has 1 aromatic rings. The lowest BCUT2D eigenvalue weighted by atomic mass is 10.0. The third-order valence-corrected chi connectivity index (χ3v) is 3.13. The van der Waals surface area contributed by atoms with Crippen molar-refractivity contribution in [2.24, 2.45) is 0 Å². The maximum atomic E-state index is 13.0. The van der Waals surface area contributed by atoms with Crippen molar-refractivity contribution in [1.29, 1.82) is 5.26 Å². The van der Waals surface area contributed by atoms with Gasteiger partial charge in [0, 0.05) is 5.56 Å². The molecule has 0 aliphatic carbocycles. The van der Waals surface area contributed by atoms with Crippen LogP contribution in [-0.4, -0.2) is 11.4 Å². The largest absolute Gasteiger partial charge is 0.334 e. The Hall–Kier alpha value is -1.41. The molecule has 0 saturated heterocycles. The normalized spacial score (nSPS) is 13.6.